The van der Waals surface area contributed by atoms with Gasteiger partial charge in [-0.15, -0.1) is 0 Å². The van der Waals surface area contributed by atoms with E-state index >= 15 is 0 Å². The number of aryl methyl sites for hydroxylation is 1. The van der Waals surface area contributed by atoms with Gasteiger partial charge in [0.25, 0.3) is 0 Å². The molecule has 2 aromatic heterocycles. The molecule has 2 aliphatic carbocycles. The summed E-state index contributed by atoms with van der Waals surface area (Å²) in [6, 6.07) is 24.6. The van der Waals surface area contributed by atoms with Gasteiger partial charge < -0.3 is 31.1 Å². The summed E-state index contributed by atoms with van der Waals surface area (Å²) in [7, 11) is 4.67. The summed E-state index contributed by atoms with van der Waals surface area (Å²) in [5.41, 5.74) is 15.9. The van der Waals surface area contributed by atoms with Gasteiger partial charge in [0.1, 0.15) is 0 Å². The highest BCUT2D eigenvalue weighted by molar-refractivity contribution is 5.62. The molecule has 0 saturated carbocycles. The molecule has 1 unspecified atom stereocenters. The van der Waals surface area contributed by atoms with Crippen LogP contribution in [-0.2, 0) is 32.4 Å². The molecule has 0 bridgehead atoms. The third-order valence-electron chi connectivity index (χ3n) is 15.7. The number of pyridine rings is 2. The van der Waals surface area contributed by atoms with Crippen molar-refractivity contribution < 1.29 is 0 Å². The maximum Gasteiger partial charge on any atom is 0.0613 e. The Morgan fingerprint density at radius 1 is 0.635 bits per heavy atom. The minimum Gasteiger partial charge on any atom is -0.368 e. The molecule has 4 aromatic rings. The summed E-state index contributed by atoms with van der Waals surface area (Å²) in [6.07, 6.45) is 13.1. The minimum atomic E-state index is 0.302. The predicted molar refractivity (Wildman–Crippen MR) is 258 cm³/mol. The Morgan fingerprint density at radius 2 is 1.27 bits per heavy atom. The Morgan fingerprint density at radius 3 is 2.05 bits per heavy atom. The van der Waals surface area contributed by atoms with E-state index in [4.69, 9.17) is 9.97 Å². The number of hydrogen-bond acceptors (Lipinski definition) is 10. The number of aromatic nitrogens is 2. The van der Waals surface area contributed by atoms with Crippen molar-refractivity contribution in [3.8, 4) is 0 Å². The third kappa shape index (κ3) is 9.06. The number of piperazine rings is 2. The number of nitrogens with one attached hydrogen (secondary N) is 4. The summed E-state index contributed by atoms with van der Waals surface area (Å²) in [4.78, 5) is 20.6. The smallest absolute Gasteiger partial charge is 0.0613 e. The van der Waals surface area contributed by atoms with Crippen molar-refractivity contribution in [2.45, 2.75) is 146 Å². The SMILES string of the molecule is C[C@@H]1CN(c2cc(C3CC[C@H](N(C)C[C@@H]4Cc5c(cccc5N5C[C@@H](C)N[C@@H](C)C5)CN4)c4ncccc43)cc3c2C[C@H](CCN(C)[C@H]2CCCc4cccnc42)NC3)C[C@H](C)N1. The zero-order valence-corrected chi connectivity index (χ0v) is 39.0. The Balaban J connectivity index is 0.868. The van der Waals surface area contributed by atoms with E-state index in [0.717, 1.165) is 90.9 Å². The molecule has 2 saturated heterocycles. The predicted octanol–water partition coefficient (Wildman–Crippen LogP) is 6.88. The van der Waals surface area contributed by atoms with Gasteiger partial charge in [-0.1, -0.05) is 30.3 Å². The van der Waals surface area contributed by atoms with Crippen LogP contribution in [0.3, 0.4) is 0 Å². The Kier molecular flexibility index (Phi) is 12.7. The average Bonchev–Trinajstić information content (AvgIpc) is 3.29. The number of likely N-dealkylation sites (N-methyl/N-ethyl adjacent to an activating group) is 1. The molecule has 0 amide bonds. The number of nitrogens with zero attached hydrogens (tertiary/aromatic N) is 6. The van der Waals surface area contributed by atoms with E-state index in [-0.39, 0.29) is 0 Å². The summed E-state index contributed by atoms with van der Waals surface area (Å²) in [5, 5.41) is 15.5. The third-order valence-corrected chi connectivity index (χ3v) is 15.7. The molecule has 0 spiro atoms. The van der Waals surface area contributed by atoms with Crippen molar-refractivity contribution in [2.24, 2.45) is 0 Å². The number of fused-ring (bicyclic) bond motifs is 4. The normalized spacial score (nSPS) is 29.6. The van der Waals surface area contributed by atoms with Crippen molar-refractivity contribution in [1.82, 2.24) is 41.0 Å². The molecule has 336 valence electrons. The zero-order chi connectivity index (χ0) is 43.2. The fraction of sp³-hybridized carbons (Fsp3) is 0.585. The van der Waals surface area contributed by atoms with Gasteiger partial charge in [0.05, 0.1) is 23.5 Å². The standard InChI is InChI=1S/C53H74N10/c1-34-29-62(30-35(2)58-34)48-15-8-12-39-27-57-43(26-46(39)48)33-61(6)50-18-17-44(45-14-10-21-55-53(45)50)40-23-41-28-56-42(25-47(41)51(24-40)63-31-36(3)59-37(4)32-63)19-22-60(5)49-16-7-11-38-13-9-20-54-52(38)49/h8-10,12-15,20-21,23-24,34-37,42-44,49-50,56-59H,7,11,16-19,22,25-33H2,1-6H3/t34-,35+,36-,37+,42-,43-,44?,49-,50-/m0/s1. The molecule has 10 nitrogen and oxygen atoms in total. The minimum absolute atomic E-state index is 0.302. The fourth-order valence-electron chi connectivity index (χ4n) is 12.9. The van der Waals surface area contributed by atoms with Crippen molar-refractivity contribution in [3.63, 3.8) is 0 Å². The highest BCUT2D eigenvalue weighted by Crippen LogP contribution is 2.45. The zero-order valence-electron chi connectivity index (χ0n) is 39.0. The van der Waals surface area contributed by atoms with Gasteiger partial charge in [-0.25, -0.2) is 0 Å². The topological polar surface area (TPSA) is 86.9 Å². The molecule has 0 radical (unpaired) electrons. The molecule has 10 heteroatoms. The molecule has 10 rings (SSSR count). The van der Waals surface area contributed by atoms with E-state index in [0.29, 0.717) is 54.3 Å². The first-order valence-corrected chi connectivity index (χ1v) is 24.7. The fourth-order valence-corrected chi connectivity index (χ4v) is 12.9. The monoisotopic (exact) mass is 851 g/mol. The molecule has 2 fully saturated rings. The van der Waals surface area contributed by atoms with Crippen LogP contribution in [0.25, 0.3) is 0 Å². The van der Waals surface area contributed by atoms with Gasteiger partial charge in [0.2, 0.25) is 0 Å². The highest BCUT2D eigenvalue weighted by Gasteiger charge is 2.36. The van der Waals surface area contributed by atoms with Crippen LogP contribution in [0.4, 0.5) is 11.4 Å². The highest BCUT2D eigenvalue weighted by atomic mass is 15.2. The molecular weight excluding hydrogens is 777 g/mol. The van der Waals surface area contributed by atoms with Crippen LogP contribution in [0.15, 0.2) is 67.0 Å². The van der Waals surface area contributed by atoms with E-state index < -0.39 is 0 Å². The number of anilines is 2. The van der Waals surface area contributed by atoms with Gasteiger partial charge in [-0.05, 0) is 163 Å². The van der Waals surface area contributed by atoms with Crippen LogP contribution in [0.2, 0.25) is 0 Å². The summed E-state index contributed by atoms with van der Waals surface area (Å²) < 4.78 is 0. The number of rotatable bonds is 10. The van der Waals surface area contributed by atoms with Crippen LogP contribution in [-0.4, -0.2) is 109 Å². The lowest BCUT2D eigenvalue weighted by molar-refractivity contribution is 0.187. The van der Waals surface area contributed by atoms with Crippen LogP contribution in [0, 0.1) is 0 Å². The summed E-state index contributed by atoms with van der Waals surface area (Å²) >= 11 is 0. The van der Waals surface area contributed by atoms with Gasteiger partial charge >= 0.3 is 0 Å². The second-order valence-electron chi connectivity index (χ2n) is 20.7. The molecule has 63 heavy (non-hydrogen) atoms. The first kappa shape index (κ1) is 43.0. The Bertz CT molecular complexity index is 2210. The second-order valence-corrected chi connectivity index (χ2v) is 20.7. The second kappa shape index (κ2) is 18.5. The molecule has 2 aromatic carbocycles. The first-order chi connectivity index (χ1) is 30.6. The number of hydrogen-bond donors (Lipinski definition) is 4. The lowest BCUT2D eigenvalue weighted by Gasteiger charge is -2.42. The van der Waals surface area contributed by atoms with Crippen molar-refractivity contribution in [1.29, 1.82) is 0 Å². The van der Waals surface area contributed by atoms with Crippen molar-refractivity contribution in [2.75, 3.05) is 63.2 Å². The van der Waals surface area contributed by atoms with E-state index in [1.165, 1.54) is 63.4 Å². The van der Waals surface area contributed by atoms with Gasteiger partial charge in [-0.2, -0.15) is 0 Å². The molecule has 9 atom stereocenters. The van der Waals surface area contributed by atoms with E-state index in [9.17, 15) is 0 Å². The largest absolute Gasteiger partial charge is 0.368 e. The van der Waals surface area contributed by atoms with Crippen LogP contribution < -0.4 is 31.1 Å². The van der Waals surface area contributed by atoms with Crippen LogP contribution >= 0.6 is 0 Å². The Hall–Kier alpha value is -3.90. The number of benzene rings is 2. The maximum absolute atomic E-state index is 5.21. The lowest BCUT2D eigenvalue weighted by atomic mass is 9.77. The molecule has 4 N–H and O–H groups in total. The molecule has 6 aliphatic rings. The van der Waals surface area contributed by atoms with E-state index in [1.54, 1.807) is 11.1 Å². The van der Waals surface area contributed by atoms with E-state index in [2.05, 4.69) is 137 Å². The lowest BCUT2D eigenvalue weighted by Crippen LogP contribution is -2.55. The van der Waals surface area contributed by atoms with Crippen molar-refractivity contribution in [3.05, 3.63) is 117 Å². The quantitative estimate of drug-likeness (QED) is 0.136. The Labute approximate surface area is 378 Å². The molecule has 6 heterocycles. The van der Waals surface area contributed by atoms with Gasteiger partial charge in [0.15, 0.2) is 0 Å². The van der Waals surface area contributed by atoms with Crippen LogP contribution in [0.5, 0.6) is 0 Å². The van der Waals surface area contributed by atoms with Crippen LogP contribution in [0.1, 0.15) is 128 Å². The van der Waals surface area contributed by atoms with Gasteiger partial charge in [-0.3, -0.25) is 19.8 Å². The summed E-state index contributed by atoms with van der Waals surface area (Å²) in [6.45, 7) is 17.5. The molecular formula is C53H74N10. The maximum atomic E-state index is 5.21. The summed E-state index contributed by atoms with van der Waals surface area (Å²) in [5.74, 6) is 0.338. The van der Waals surface area contributed by atoms with Crippen molar-refractivity contribution >= 4 is 11.4 Å². The van der Waals surface area contributed by atoms with E-state index in [1.807, 2.05) is 12.4 Å². The first-order valence-electron chi connectivity index (χ1n) is 24.7. The average molecular weight is 851 g/mol. The molecule has 4 aliphatic heterocycles. The van der Waals surface area contributed by atoms with Gasteiger partial charge in [0, 0.05) is 112 Å².